The Balaban J connectivity index is 2.98. The predicted molar refractivity (Wildman–Crippen MR) is 57.6 cm³/mol. The van der Waals surface area contributed by atoms with Gasteiger partial charge in [-0.25, -0.2) is 0 Å². The lowest BCUT2D eigenvalue weighted by molar-refractivity contribution is 0.531. The highest BCUT2D eigenvalue weighted by molar-refractivity contribution is 5.30. The summed E-state index contributed by atoms with van der Waals surface area (Å²) in [5.41, 5.74) is 8.37. The first-order valence-corrected chi connectivity index (χ1v) is 4.94. The van der Waals surface area contributed by atoms with Gasteiger partial charge in [0.1, 0.15) is 0 Å². The van der Waals surface area contributed by atoms with Crippen LogP contribution in [0.4, 0.5) is 0 Å². The number of nitrogens with two attached hydrogens (primary N) is 1. The maximum Gasteiger partial charge on any atom is 0.0180 e. The molecule has 0 amide bonds. The second kappa shape index (κ2) is 4.43. The van der Waals surface area contributed by atoms with Gasteiger partial charge in [-0.05, 0) is 23.0 Å². The minimum Gasteiger partial charge on any atom is -0.326 e. The third kappa shape index (κ3) is 2.31. The Bertz CT molecular complexity index is 266. The SMILES string of the molecule is CC(C)C(C)c1ccccc1CN. The molecule has 0 radical (unpaired) electrons. The highest BCUT2D eigenvalue weighted by atomic mass is 14.5. The van der Waals surface area contributed by atoms with Gasteiger partial charge < -0.3 is 5.73 Å². The Morgan fingerprint density at radius 2 is 1.77 bits per heavy atom. The smallest absolute Gasteiger partial charge is 0.0180 e. The summed E-state index contributed by atoms with van der Waals surface area (Å²) in [7, 11) is 0. The molecular formula is C12H19N. The monoisotopic (exact) mass is 177 g/mol. The van der Waals surface area contributed by atoms with Crippen LogP contribution in [0.3, 0.4) is 0 Å². The number of hydrogen-bond donors (Lipinski definition) is 1. The van der Waals surface area contributed by atoms with E-state index in [2.05, 4.69) is 45.0 Å². The van der Waals surface area contributed by atoms with Crippen molar-refractivity contribution in [2.75, 3.05) is 0 Å². The van der Waals surface area contributed by atoms with E-state index in [0.29, 0.717) is 18.4 Å². The van der Waals surface area contributed by atoms with Crippen LogP contribution in [0.2, 0.25) is 0 Å². The fourth-order valence-electron chi connectivity index (χ4n) is 1.52. The molecule has 72 valence electrons. The zero-order chi connectivity index (χ0) is 9.84. The summed E-state index contributed by atoms with van der Waals surface area (Å²) in [6, 6.07) is 8.45. The van der Waals surface area contributed by atoms with Crippen molar-refractivity contribution in [1.29, 1.82) is 0 Å². The Hall–Kier alpha value is -0.820. The first kappa shape index (κ1) is 10.3. The molecule has 0 aliphatic rings. The normalized spacial score (nSPS) is 13.3. The topological polar surface area (TPSA) is 26.0 Å². The predicted octanol–water partition coefficient (Wildman–Crippen LogP) is 2.90. The number of benzene rings is 1. The largest absolute Gasteiger partial charge is 0.326 e. The second-order valence-electron chi connectivity index (χ2n) is 3.94. The van der Waals surface area contributed by atoms with Crippen molar-refractivity contribution in [2.45, 2.75) is 33.2 Å². The van der Waals surface area contributed by atoms with Crippen LogP contribution in [0.5, 0.6) is 0 Å². The van der Waals surface area contributed by atoms with Crippen LogP contribution in [0.25, 0.3) is 0 Å². The summed E-state index contributed by atoms with van der Waals surface area (Å²) < 4.78 is 0. The van der Waals surface area contributed by atoms with E-state index < -0.39 is 0 Å². The van der Waals surface area contributed by atoms with Gasteiger partial charge in [-0.2, -0.15) is 0 Å². The van der Waals surface area contributed by atoms with Gasteiger partial charge in [0.15, 0.2) is 0 Å². The van der Waals surface area contributed by atoms with Crippen LogP contribution in [0.1, 0.15) is 37.8 Å². The molecule has 1 heteroatoms. The number of rotatable bonds is 3. The average molecular weight is 177 g/mol. The lowest BCUT2D eigenvalue weighted by atomic mass is 9.87. The van der Waals surface area contributed by atoms with Crippen LogP contribution in [0, 0.1) is 5.92 Å². The number of hydrogen-bond acceptors (Lipinski definition) is 1. The Labute approximate surface area is 81.0 Å². The summed E-state index contributed by atoms with van der Waals surface area (Å²) >= 11 is 0. The first-order valence-electron chi connectivity index (χ1n) is 4.94. The van der Waals surface area contributed by atoms with E-state index in [1.807, 2.05) is 0 Å². The molecule has 0 saturated heterocycles. The van der Waals surface area contributed by atoms with E-state index in [-0.39, 0.29) is 0 Å². The fourth-order valence-corrected chi connectivity index (χ4v) is 1.52. The molecule has 1 nitrogen and oxygen atoms in total. The third-order valence-electron chi connectivity index (χ3n) is 2.77. The summed E-state index contributed by atoms with van der Waals surface area (Å²) in [4.78, 5) is 0. The van der Waals surface area contributed by atoms with Crippen LogP contribution in [-0.4, -0.2) is 0 Å². The molecule has 0 spiro atoms. The minimum absolute atomic E-state index is 0.597. The molecule has 1 aromatic rings. The highest BCUT2D eigenvalue weighted by Gasteiger charge is 2.12. The molecule has 0 aliphatic heterocycles. The molecule has 0 aromatic heterocycles. The van der Waals surface area contributed by atoms with Gasteiger partial charge in [0.05, 0.1) is 0 Å². The van der Waals surface area contributed by atoms with Crippen LogP contribution >= 0.6 is 0 Å². The lowest BCUT2D eigenvalue weighted by Crippen LogP contribution is -2.08. The Morgan fingerprint density at radius 1 is 1.15 bits per heavy atom. The van der Waals surface area contributed by atoms with E-state index in [1.165, 1.54) is 11.1 Å². The van der Waals surface area contributed by atoms with Crippen molar-refractivity contribution >= 4 is 0 Å². The quantitative estimate of drug-likeness (QED) is 0.754. The highest BCUT2D eigenvalue weighted by Crippen LogP contribution is 2.26. The molecule has 0 aliphatic carbocycles. The summed E-state index contributed by atoms with van der Waals surface area (Å²) in [6.07, 6.45) is 0. The van der Waals surface area contributed by atoms with E-state index >= 15 is 0 Å². The summed E-state index contributed by atoms with van der Waals surface area (Å²) in [5.74, 6) is 1.27. The van der Waals surface area contributed by atoms with E-state index in [9.17, 15) is 0 Å². The Kier molecular flexibility index (Phi) is 3.49. The van der Waals surface area contributed by atoms with Crippen LogP contribution in [-0.2, 0) is 6.54 Å². The molecule has 0 bridgehead atoms. The van der Waals surface area contributed by atoms with Gasteiger partial charge in [-0.15, -0.1) is 0 Å². The first-order chi connectivity index (χ1) is 6.16. The second-order valence-corrected chi connectivity index (χ2v) is 3.94. The molecule has 1 atom stereocenters. The Morgan fingerprint density at radius 3 is 2.31 bits per heavy atom. The molecule has 0 saturated carbocycles. The molecule has 1 rings (SSSR count). The van der Waals surface area contributed by atoms with Crippen molar-refractivity contribution in [3.8, 4) is 0 Å². The summed E-state index contributed by atoms with van der Waals surface area (Å²) in [6.45, 7) is 7.41. The van der Waals surface area contributed by atoms with E-state index in [0.717, 1.165) is 0 Å². The van der Waals surface area contributed by atoms with Crippen molar-refractivity contribution in [3.05, 3.63) is 35.4 Å². The van der Waals surface area contributed by atoms with Crippen molar-refractivity contribution < 1.29 is 0 Å². The lowest BCUT2D eigenvalue weighted by Gasteiger charge is -2.18. The molecule has 2 N–H and O–H groups in total. The van der Waals surface area contributed by atoms with E-state index in [1.54, 1.807) is 0 Å². The standard InChI is InChI=1S/C12H19N/c1-9(2)10(3)12-7-5-4-6-11(12)8-13/h4-7,9-10H,8,13H2,1-3H3. The molecule has 1 aromatic carbocycles. The van der Waals surface area contributed by atoms with Crippen molar-refractivity contribution in [1.82, 2.24) is 0 Å². The minimum atomic E-state index is 0.597. The molecular weight excluding hydrogens is 158 g/mol. The van der Waals surface area contributed by atoms with Gasteiger partial charge in [-0.1, -0.05) is 45.0 Å². The van der Waals surface area contributed by atoms with Gasteiger partial charge in [0.2, 0.25) is 0 Å². The molecule has 0 heterocycles. The molecule has 0 fully saturated rings. The maximum absolute atomic E-state index is 5.69. The van der Waals surface area contributed by atoms with Gasteiger partial charge >= 0.3 is 0 Å². The van der Waals surface area contributed by atoms with Gasteiger partial charge in [0, 0.05) is 6.54 Å². The van der Waals surface area contributed by atoms with Crippen molar-refractivity contribution in [2.24, 2.45) is 11.7 Å². The van der Waals surface area contributed by atoms with Gasteiger partial charge in [-0.3, -0.25) is 0 Å². The van der Waals surface area contributed by atoms with Crippen LogP contribution < -0.4 is 5.73 Å². The zero-order valence-electron chi connectivity index (χ0n) is 8.75. The maximum atomic E-state index is 5.69. The zero-order valence-corrected chi connectivity index (χ0v) is 8.75. The van der Waals surface area contributed by atoms with Crippen LogP contribution in [0.15, 0.2) is 24.3 Å². The van der Waals surface area contributed by atoms with Gasteiger partial charge in [0.25, 0.3) is 0 Å². The van der Waals surface area contributed by atoms with E-state index in [4.69, 9.17) is 5.73 Å². The van der Waals surface area contributed by atoms with Crippen molar-refractivity contribution in [3.63, 3.8) is 0 Å². The molecule has 13 heavy (non-hydrogen) atoms. The average Bonchev–Trinajstić information content (AvgIpc) is 2.16. The fraction of sp³-hybridized carbons (Fsp3) is 0.500. The third-order valence-corrected chi connectivity index (χ3v) is 2.77. The summed E-state index contributed by atoms with van der Waals surface area (Å²) in [5, 5.41) is 0. The molecule has 1 unspecified atom stereocenters.